The van der Waals surface area contributed by atoms with Gasteiger partial charge in [0, 0.05) is 12.6 Å². The molecule has 122 valence electrons. The van der Waals surface area contributed by atoms with Crippen molar-refractivity contribution in [3.8, 4) is 0 Å². The van der Waals surface area contributed by atoms with Gasteiger partial charge in [-0.15, -0.1) is 0 Å². The van der Waals surface area contributed by atoms with Crippen molar-refractivity contribution in [2.24, 2.45) is 0 Å². The van der Waals surface area contributed by atoms with Crippen molar-refractivity contribution in [2.45, 2.75) is 31.7 Å². The Bertz CT molecular complexity index is 581. The summed E-state index contributed by atoms with van der Waals surface area (Å²) in [6, 6.07) is 0.162. The molecule has 0 saturated carbocycles. The van der Waals surface area contributed by atoms with Crippen molar-refractivity contribution < 1.29 is 31.1 Å². The molecule has 1 fully saturated rings. The van der Waals surface area contributed by atoms with Crippen LogP contribution in [0.2, 0.25) is 0 Å². The Balaban J connectivity index is 2.50. The summed E-state index contributed by atoms with van der Waals surface area (Å²) in [5, 5.41) is 2.47. The third-order valence-corrected chi connectivity index (χ3v) is 3.39. The fourth-order valence-corrected chi connectivity index (χ4v) is 2.22. The molecule has 1 aliphatic rings. The Hall–Kier alpha value is -1.93. The highest BCUT2D eigenvalue weighted by atomic mass is 19.4. The zero-order chi connectivity index (χ0) is 16.7. The summed E-state index contributed by atoms with van der Waals surface area (Å²) in [6.45, 7) is 1.72. The van der Waals surface area contributed by atoms with Gasteiger partial charge in [0.25, 0.3) is 0 Å². The number of rotatable bonds is 2. The predicted molar refractivity (Wildman–Crippen MR) is 66.4 cm³/mol. The summed E-state index contributed by atoms with van der Waals surface area (Å²) in [5.74, 6) is 0. The number of halogens is 6. The van der Waals surface area contributed by atoms with Crippen LogP contribution >= 0.6 is 0 Å². The summed E-state index contributed by atoms with van der Waals surface area (Å²) in [6.07, 6.45) is -9.39. The quantitative estimate of drug-likeness (QED) is 0.818. The van der Waals surface area contributed by atoms with Crippen LogP contribution in [0.4, 0.5) is 36.8 Å². The van der Waals surface area contributed by atoms with Crippen LogP contribution in [0, 0.1) is 0 Å². The van der Waals surface area contributed by atoms with Gasteiger partial charge in [0.15, 0.2) is 0 Å². The number of hydrogen-bond donors (Lipinski definition) is 1. The van der Waals surface area contributed by atoms with Gasteiger partial charge in [0.1, 0.15) is 0 Å². The van der Waals surface area contributed by atoms with Crippen molar-refractivity contribution in [3.63, 3.8) is 0 Å². The number of carbonyl (C=O) groups excluding carboxylic acids is 1. The molecule has 3 nitrogen and oxygen atoms in total. The lowest BCUT2D eigenvalue weighted by Crippen LogP contribution is -2.30. The van der Waals surface area contributed by atoms with Gasteiger partial charge in [-0.1, -0.05) is 6.92 Å². The highest BCUT2D eigenvalue weighted by Crippen LogP contribution is 2.41. The molecule has 1 atom stereocenters. The molecule has 1 unspecified atom stereocenters. The van der Waals surface area contributed by atoms with Crippen LogP contribution < -0.4 is 10.2 Å². The number of carbonyl (C=O) groups is 1. The average molecular weight is 326 g/mol. The maximum atomic E-state index is 13.1. The van der Waals surface area contributed by atoms with E-state index in [1.807, 2.05) is 0 Å². The molecular formula is C13H12F6N2O. The molecule has 0 aromatic heterocycles. The molecule has 0 radical (unpaired) electrons. The molecule has 1 saturated heterocycles. The first kappa shape index (κ1) is 16.4. The maximum absolute atomic E-state index is 13.1. The number of benzene rings is 1. The number of anilines is 1. The summed E-state index contributed by atoms with van der Waals surface area (Å²) in [5.41, 5.74) is -3.46. The summed E-state index contributed by atoms with van der Waals surface area (Å²) in [7, 11) is 0. The van der Waals surface area contributed by atoms with Crippen molar-refractivity contribution >= 4 is 11.7 Å². The van der Waals surface area contributed by atoms with Crippen LogP contribution in [0.25, 0.3) is 0 Å². The molecular weight excluding hydrogens is 314 g/mol. The minimum atomic E-state index is -5.00. The normalized spacial score (nSPS) is 19.5. The number of hydrogen-bond acceptors (Lipinski definition) is 1. The molecule has 1 N–H and O–H groups in total. The first-order chi connectivity index (χ1) is 10.0. The van der Waals surface area contributed by atoms with E-state index in [1.54, 1.807) is 6.92 Å². The van der Waals surface area contributed by atoms with Crippen LogP contribution in [0.15, 0.2) is 18.2 Å². The van der Waals surface area contributed by atoms with Gasteiger partial charge in [-0.25, -0.2) is 4.79 Å². The Labute approximate surface area is 121 Å². The number of urea groups is 1. The largest absolute Gasteiger partial charge is 0.418 e. The Kier molecular flexibility index (Phi) is 4.01. The van der Waals surface area contributed by atoms with E-state index in [-0.39, 0.29) is 18.7 Å². The van der Waals surface area contributed by atoms with Gasteiger partial charge >= 0.3 is 18.4 Å². The minimum absolute atomic E-state index is 0.0240. The first-order valence-electron chi connectivity index (χ1n) is 6.40. The van der Waals surface area contributed by atoms with Crippen molar-refractivity contribution in [2.75, 3.05) is 11.4 Å². The number of nitrogens with zero attached hydrogens (tertiary/aromatic N) is 1. The second kappa shape index (κ2) is 5.36. The highest BCUT2D eigenvalue weighted by molar-refractivity contribution is 5.95. The van der Waals surface area contributed by atoms with Crippen LogP contribution in [-0.2, 0) is 12.4 Å². The Morgan fingerprint density at radius 2 is 1.82 bits per heavy atom. The van der Waals surface area contributed by atoms with Gasteiger partial charge in [-0.3, -0.25) is 4.90 Å². The monoisotopic (exact) mass is 326 g/mol. The van der Waals surface area contributed by atoms with E-state index in [9.17, 15) is 31.1 Å². The molecule has 2 rings (SSSR count). The Morgan fingerprint density at radius 3 is 2.27 bits per heavy atom. The predicted octanol–water partition coefficient (Wildman–Crippen LogP) is 4.03. The first-order valence-corrected chi connectivity index (χ1v) is 6.40. The van der Waals surface area contributed by atoms with Crippen LogP contribution in [0.1, 0.15) is 24.5 Å². The van der Waals surface area contributed by atoms with Crippen molar-refractivity contribution in [1.82, 2.24) is 5.32 Å². The number of nitrogens with one attached hydrogen (secondary N) is 1. The smallest absolute Gasteiger partial charge is 0.333 e. The number of amides is 2. The third-order valence-electron chi connectivity index (χ3n) is 3.39. The summed E-state index contributed by atoms with van der Waals surface area (Å²) < 4.78 is 76.9. The van der Waals surface area contributed by atoms with Gasteiger partial charge in [0.05, 0.1) is 16.8 Å². The molecule has 1 aromatic rings. The van der Waals surface area contributed by atoms with Crippen molar-refractivity contribution in [3.05, 3.63) is 29.3 Å². The van der Waals surface area contributed by atoms with Crippen LogP contribution in [0.5, 0.6) is 0 Å². The van der Waals surface area contributed by atoms with Gasteiger partial charge < -0.3 is 5.32 Å². The molecule has 2 amide bonds. The highest BCUT2D eigenvalue weighted by Gasteiger charge is 2.41. The van der Waals surface area contributed by atoms with Gasteiger partial charge in [-0.2, -0.15) is 26.3 Å². The van der Waals surface area contributed by atoms with E-state index in [4.69, 9.17) is 0 Å². The lowest BCUT2D eigenvalue weighted by Gasteiger charge is -2.21. The molecule has 0 bridgehead atoms. The average Bonchev–Trinajstić information content (AvgIpc) is 2.77. The summed E-state index contributed by atoms with van der Waals surface area (Å²) in [4.78, 5) is 12.5. The molecule has 1 heterocycles. The Morgan fingerprint density at radius 1 is 1.18 bits per heavy atom. The van der Waals surface area contributed by atoms with E-state index in [0.29, 0.717) is 18.6 Å². The van der Waals surface area contributed by atoms with Gasteiger partial charge in [-0.05, 0) is 24.6 Å². The minimum Gasteiger partial charge on any atom is -0.333 e. The van der Waals surface area contributed by atoms with E-state index in [1.165, 1.54) is 0 Å². The molecule has 0 spiro atoms. The van der Waals surface area contributed by atoms with Crippen LogP contribution in [-0.4, -0.2) is 18.6 Å². The molecule has 1 aromatic carbocycles. The molecule has 1 aliphatic heterocycles. The van der Waals surface area contributed by atoms with E-state index < -0.39 is 35.2 Å². The van der Waals surface area contributed by atoms with E-state index in [0.717, 1.165) is 4.90 Å². The topological polar surface area (TPSA) is 32.3 Å². The second-order valence-corrected chi connectivity index (χ2v) is 4.89. The van der Waals surface area contributed by atoms with E-state index >= 15 is 0 Å². The molecule has 22 heavy (non-hydrogen) atoms. The second-order valence-electron chi connectivity index (χ2n) is 4.89. The fourth-order valence-electron chi connectivity index (χ4n) is 2.22. The van der Waals surface area contributed by atoms with Gasteiger partial charge in [0.2, 0.25) is 0 Å². The summed E-state index contributed by atoms with van der Waals surface area (Å²) >= 11 is 0. The fraction of sp³-hybridized carbons (Fsp3) is 0.462. The zero-order valence-corrected chi connectivity index (χ0v) is 11.3. The zero-order valence-electron chi connectivity index (χ0n) is 11.3. The SMILES string of the molecule is CCC1CN(c2ccc(C(F)(F)F)cc2C(F)(F)F)C(=O)N1. The van der Waals surface area contributed by atoms with E-state index in [2.05, 4.69) is 5.32 Å². The molecule has 0 aliphatic carbocycles. The maximum Gasteiger partial charge on any atom is 0.418 e. The van der Waals surface area contributed by atoms with Crippen molar-refractivity contribution in [1.29, 1.82) is 0 Å². The third kappa shape index (κ3) is 3.12. The standard InChI is InChI=1S/C13H12F6N2O/c1-2-8-6-21(11(22)20-8)10-4-3-7(12(14,15)16)5-9(10)13(17,18)19/h3-5,8H,2,6H2,1H3,(H,20,22). The molecule has 9 heteroatoms. The van der Waals surface area contributed by atoms with Crippen LogP contribution in [0.3, 0.4) is 0 Å². The number of alkyl halides is 6. The lowest BCUT2D eigenvalue weighted by molar-refractivity contribution is -0.142. The lowest BCUT2D eigenvalue weighted by atomic mass is 10.1.